The van der Waals surface area contributed by atoms with Gasteiger partial charge < -0.3 is 39.2 Å². The van der Waals surface area contributed by atoms with Crippen LogP contribution in [-0.4, -0.2) is 114 Å². The lowest BCUT2D eigenvalue weighted by molar-refractivity contribution is -0.159. The fourth-order valence-corrected chi connectivity index (χ4v) is 3.65. The number of carboxylic acid groups (broad SMARTS) is 2. The van der Waals surface area contributed by atoms with Gasteiger partial charge in [-0.2, -0.15) is 0 Å². The number of rotatable bonds is 5. The molecule has 1 unspecified atom stereocenters. The largest absolute Gasteiger partial charge is 0.473 e. The Kier molecular flexibility index (Phi) is 8.62. The van der Waals surface area contributed by atoms with Crippen LogP contribution in [0.1, 0.15) is 16.8 Å². The van der Waals surface area contributed by atoms with E-state index in [0.717, 1.165) is 13.1 Å². The second kappa shape index (κ2) is 11.6. The number of β-amino-alcohol motifs (C(OH)–C–C–N with tert-alkyl or cyclic N) is 1. The van der Waals surface area contributed by atoms with Crippen molar-refractivity contribution in [3.05, 3.63) is 23.8 Å². The van der Waals surface area contributed by atoms with Crippen molar-refractivity contribution in [3.8, 4) is 11.5 Å². The number of fused-ring (bicyclic) bond motifs is 1. The van der Waals surface area contributed by atoms with Gasteiger partial charge in [-0.05, 0) is 18.2 Å². The van der Waals surface area contributed by atoms with Crippen LogP contribution in [0.15, 0.2) is 18.2 Å². The zero-order chi connectivity index (χ0) is 24.7. The van der Waals surface area contributed by atoms with Gasteiger partial charge in [0, 0.05) is 38.2 Å². The third kappa shape index (κ3) is 6.56. The molecule has 13 nitrogen and oxygen atoms in total. The van der Waals surface area contributed by atoms with Gasteiger partial charge in [-0.15, -0.1) is 0 Å². The Hall–Kier alpha value is -3.42. The molecule has 2 saturated heterocycles. The number of carboxylic acids is 2. The summed E-state index contributed by atoms with van der Waals surface area (Å²) < 4.78 is 21.3. The van der Waals surface area contributed by atoms with Crippen molar-refractivity contribution in [2.75, 3.05) is 52.8 Å². The highest BCUT2D eigenvalue weighted by molar-refractivity contribution is 6.27. The zero-order valence-electron chi connectivity index (χ0n) is 18.3. The van der Waals surface area contributed by atoms with Crippen LogP contribution in [0.3, 0.4) is 0 Å². The number of esters is 1. The number of benzene rings is 1. The van der Waals surface area contributed by atoms with Gasteiger partial charge in [-0.1, -0.05) is 0 Å². The van der Waals surface area contributed by atoms with Gasteiger partial charge in [0.25, 0.3) is 5.91 Å². The van der Waals surface area contributed by atoms with Crippen molar-refractivity contribution in [3.63, 3.8) is 0 Å². The highest BCUT2D eigenvalue weighted by atomic mass is 16.7. The van der Waals surface area contributed by atoms with Crippen molar-refractivity contribution < 1.29 is 53.4 Å². The molecule has 3 heterocycles. The van der Waals surface area contributed by atoms with Crippen molar-refractivity contribution >= 4 is 23.8 Å². The fraction of sp³-hybridized carbons (Fsp3) is 0.524. The van der Waals surface area contributed by atoms with Gasteiger partial charge >= 0.3 is 17.9 Å². The van der Waals surface area contributed by atoms with Crippen LogP contribution in [0.2, 0.25) is 0 Å². The molecule has 1 aromatic rings. The first-order chi connectivity index (χ1) is 16.3. The van der Waals surface area contributed by atoms with Gasteiger partial charge in [0.1, 0.15) is 12.6 Å². The van der Waals surface area contributed by atoms with Crippen LogP contribution in [0.4, 0.5) is 0 Å². The van der Waals surface area contributed by atoms with Crippen LogP contribution in [0.5, 0.6) is 11.5 Å². The summed E-state index contributed by atoms with van der Waals surface area (Å²) in [4.78, 5) is 47.2. The van der Waals surface area contributed by atoms with Gasteiger partial charge in [-0.25, -0.2) is 14.4 Å². The number of aliphatic hydroxyl groups is 1. The highest BCUT2D eigenvalue weighted by Gasteiger charge is 2.40. The molecule has 1 amide bonds. The Morgan fingerprint density at radius 2 is 1.71 bits per heavy atom. The molecule has 0 radical (unpaired) electrons. The minimum absolute atomic E-state index is 0.0938. The average Bonchev–Trinajstić information content (AvgIpc) is 3.45. The molecule has 1 aromatic carbocycles. The van der Waals surface area contributed by atoms with E-state index in [1.165, 1.54) is 4.90 Å². The lowest BCUT2D eigenvalue weighted by Crippen LogP contribution is -2.43. The summed E-state index contributed by atoms with van der Waals surface area (Å²) in [5.74, 6) is -3.40. The SMILES string of the molecule is O=C(O)C(=O)O.O=C(OCCN1CCOCC1)C1C[C@@H](O)CN1C(=O)c1ccc2c(c1)OCO2. The van der Waals surface area contributed by atoms with E-state index in [2.05, 4.69) is 4.90 Å². The summed E-state index contributed by atoms with van der Waals surface area (Å²) in [6.45, 7) is 4.08. The van der Waals surface area contributed by atoms with Crippen LogP contribution >= 0.6 is 0 Å². The second-order valence-electron chi connectivity index (χ2n) is 7.66. The van der Waals surface area contributed by atoms with Crippen LogP contribution < -0.4 is 9.47 Å². The monoisotopic (exact) mass is 482 g/mol. The molecule has 4 rings (SSSR count). The minimum Gasteiger partial charge on any atom is -0.473 e. The zero-order valence-corrected chi connectivity index (χ0v) is 18.3. The first-order valence-corrected chi connectivity index (χ1v) is 10.6. The van der Waals surface area contributed by atoms with Gasteiger partial charge in [0.05, 0.1) is 19.3 Å². The molecule has 3 aliphatic heterocycles. The molecule has 0 aliphatic carbocycles. The maximum absolute atomic E-state index is 12.9. The van der Waals surface area contributed by atoms with E-state index in [-0.39, 0.29) is 32.3 Å². The molecular weight excluding hydrogens is 456 g/mol. The molecule has 13 heteroatoms. The van der Waals surface area contributed by atoms with E-state index in [4.69, 9.17) is 38.7 Å². The van der Waals surface area contributed by atoms with Crippen molar-refractivity contribution in [1.29, 1.82) is 0 Å². The lowest BCUT2D eigenvalue weighted by Gasteiger charge is -2.27. The maximum atomic E-state index is 12.9. The van der Waals surface area contributed by atoms with Crippen molar-refractivity contribution in [1.82, 2.24) is 9.80 Å². The average molecular weight is 482 g/mol. The van der Waals surface area contributed by atoms with E-state index in [0.29, 0.717) is 36.8 Å². The molecule has 34 heavy (non-hydrogen) atoms. The summed E-state index contributed by atoms with van der Waals surface area (Å²) in [5, 5.41) is 24.8. The fourth-order valence-electron chi connectivity index (χ4n) is 3.65. The summed E-state index contributed by atoms with van der Waals surface area (Å²) in [6.07, 6.45) is -0.582. The van der Waals surface area contributed by atoms with E-state index < -0.39 is 30.1 Å². The number of nitrogens with zero attached hydrogens (tertiary/aromatic N) is 2. The van der Waals surface area contributed by atoms with Gasteiger partial charge in [0.2, 0.25) is 6.79 Å². The standard InChI is InChI=1S/C19H24N2O7.C2H2O4/c22-14-10-15(19(24)26-8-5-20-3-6-25-7-4-20)21(11-14)18(23)13-1-2-16-17(9-13)28-12-27-16;3-1(4)2(5)6/h1-2,9,14-15,22H,3-8,10-12H2;(H,3,4)(H,5,6)/t14-,15?;/m1./s1. The lowest BCUT2D eigenvalue weighted by atomic mass is 10.1. The van der Waals surface area contributed by atoms with E-state index in [9.17, 15) is 14.7 Å². The first kappa shape index (κ1) is 25.2. The maximum Gasteiger partial charge on any atom is 0.414 e. The number of carbonyl (C=O) groups is 4. The van der Waals surface area contributed by atoms with Crippen molar-refractivity contribution in [2.24, 2.45) is 0 Å². The van der Waals surface area contributed by atoms with E-state index in [1.807, 2.05) is 0 Å². The Labute approximate surface area is 194 Å². The number of hydrogen-bond donors (Lipinski definition) is 3. The second-order valence-corrected chi connectivity index (χ2v) is 7.66. The Balaban J connectivity index is 0.000000481. The molecule has 2 atom stereocenters. The Morgan fingerprint density at radius 3 is 2.38 bits per heavy atom. The van der Waals surface area contributed by atoms with Crippen LogP contribution in [-0.2, 0) is 23.9 Å². The predicted octanol–water partition coefficient (Wildman–Crippen LogP) is -0.978. The van der Waals surface area contributed by atoms with Gasteiger partial charge in [0.15, 0.2) is 11.5 Å². The number of amides is 1. The van der Waals surface area contributed by atoms with Crippen LogP contribution in [0, 0.1) is 0 Å². The summed E-state index contributed by atoms with van der Waals surface area (Å²) in [7, 11) is 0. The molecule has 0 saturated carbocycles. The summed E-state index contributed by atoms with van der Waals surface area (Å²) in [5.41, 5.74) is 0.379. The molecule has 186 valence electrons. The molecule has 3 aliphatic rings. The number of morpholine rings is 1. The van der Waals surface area contributed by atoms with Crippen LogP contribution in [0.25, 0.3) is 0 Å². The number of hydrogen-bond acceptors (Lipinski definition) is 10. The molecule has 0 bridgehead atoms. The third-order valence-corrected chi connectivity index (χ3v) is 5.37. The minimum atomic E-state index is -1.82. The molecule has 3 N–H and O–H groups in total. The molecule has 0 aromatic heterocycles. The Morgan fingerprint density at radius 1 is 1.03 bits per heavy atom. The molecule has 2 fully saturated rings. The smallest absolute Gasteiger partial charge is 0.414 e. The first-order valence-electron chi connectivity index (χ1n) is 10.6. The quantitative estimate of drug-likeness (QED) is 0.346. The predicted molar refractivity (Wildman–Crippen MR) is 112 cm³/mol. The molecule has 0 spiro atoms. The topological polar surface area (TPSA) is 172 Å². The van der Waals surface area contributed by atoms with E-state index >= 15 is 0 Å². The summed E-state index contributed by atoms with van der Waals surface area (Å²) >= 11 is 0. The molecular formula is C21H26N2O11. The number of ether oxygens (including phenoxy) is 4. The van der Waals surface area contributed by atoms with Gasteiger partial charge in [-0.3, -0.25) is 9.69 Å². The third-order valence-electron chi connectivity index (χ3n) is 5.37. The highest BCUT2D eigenvalue weighted by Crippen LogP contribution is 2.33. The number of likely N-dealkylation sites (tertiary alicyclic amines) is 1. The normalized spacial score (nSPS) is 21.4. The Bertz CT molecular complexity index is 904. The number of aliphatic carboxylic acids is 2. The number of aliphatic hydroxyl groups excluding tert-OH is 1. The summed E-state index contributed by atoms with van der Waals surface area (Å²) in [6, 6.07) is 4.09. The number of carbonyl (C=O) groups excluding carboxylic acids is 2. The van der Waals surface area contributed by atoms with E-state index in [1.54, 1.807) is 18.2 Å². The van der Waals surface area contributed by atoms with Crippen molar-refractivity contribution in [2.45, 2.75) is 18.6 Å².